The molecule has 0 saturated heterocycles. The summed E-state index contributed by atoms with van der Waals surface area (Å²) in [5.74, 6) is 1.49. The minimum absolute atomic E-state index is 0.616. The monoisotopic (exact) mass is 404 g/mol. The van der Waals surface area contributed by atoms with Crippen LogP contribution in [0.25, 0.3) is 11.3 Å². The lowest BCUT2D eigenvalue weighted by molar-refractivity contribution is 0.260. The molecule has 1 heterocycles. The van der Waals surface area contributed by atoms with Crippen LogP contribution in [0.4, 0.5) is 5.69 Å². The minimum atomic E-state index is 0.616. The third-order valence-electron chi connectivity index (χ3n) is 4.71. The van der Waals surface area contributed by atoms with E-state index in [1.165, 1.54) is 5.56 Å². The zero-order chi connectivity index (χ0) is 21.2. The van der Waals surface area contributed by atoms with E-state index >= 15 is 0 Å². The molecule has 1 aromatic heterocycles. The van der Waals surface area contributed by atoms with Gasteiger partial charge in [0.05, 0.1) is 12.3 Å². The molecule has 0 fully saturated rings. The van der Waals surface area contributed by atoms with Crippen LogP contribution in [0.15, 0.2) is 72.9 Å². The van der Waals surface area contributed by atoms with Gasteiger partial charge in [0.1, 0.15) is 5.75 Å². The van der Waals surface area contributed by atoms with Crippen molar-refractivity contribution in [2.45, 2.75) is 26.8 Å². The number of aromatic amines is 1. The summed E-state index contributed by atoms with van der Waals surface area (Å²) in [7, 11) is 0. The highest BCUT2D eigenvalue weighted by molar-refractivity contribution is 5.60. The maximum absolute atomic E-state index is 5.92. The molecule has 0 aliphatic heterocycles. The van der Waals surface area contributed by atoms with Crippen molar-refractivity contribution < 1.29 is 4.74 Å². The Hall–Kier alpha value is -3.05. The van der Waals surface area contributed by atoms with Gasteiger partial charge < -0.3 is 10.5 Å². The van der Waals surface area contributed by atoms with Gasteiger partial charge in [-0.1, -0.05) is 50.3 Å². The summed E-state index contributed by atoms with van der Waals surface area (Å²) in [4.78, 5) is 2.45. The molecule has 0 amide bonds. The van der Waals surface area contributed by atoms with Gasteiger partial charge in [0.15, 0.2) is 0 Å². The lowest BCUT2D eigenvalue weighted by Gasteiger charge is -2.23. The molecule has 3 rings (SSSR count). The number of nitrogen functional groups attached to an aromatic ring is 1. The van der Waals surface area contributed by atoms with E-state index < -0.39 is 0 Å². The van der Waals surface area contributed by atoms with Crippen LogP contribution >= 0.6 is 0 Å². The molecule has 158 valence electrons. The van der Waals surface area contributed by atoms with Crippen LogP contribution < -0.4 is 10.5 Å². The number of nitrogens with one attached hydrogen (secondary N) is 1. The van der Waals surface area contributed by atoms with Gasteiger partial charge in [0, 0.05) is 37.1 Å². The fourth-order valence-electron chi connectivity index (χ4n) is 3.43. The van der Waals surface area contributed by atoms with Crippen LogP contribution in [-0.2, 0) is 6.54 Å². The number of anilines is 1. The van der Waals surface area contributed by atoms with Crippen molar-refractivity contribution in [3.05, 3.63) is 78.5 Å². The number of nitrogens with zero attached hydrogens (tertiary/aromatic N) is 2. The van der Waals surface area contributed by atoms with Crippen LogP contribution in [0.3, 0.4) is 0 Å². The average molecular weight is 405 g/mol. The molecule has 30 heavy (non-hydrogen) atoms. The van der Waals surface area contributed by atoms with Gasteiger partial charge in [-0.15, -0.1) is 0 Å². The summed E-state index contributed by atoms with van der Waals surface area (Å²) in [5.41, 5.74) is 10.1. The number of H-pyrrole nitrogens is 1. The largest absolute Gasteiger partial charge is 0.493 e. The van der Waals surface area contributed by atoms with Crippen LogP contribution in [-0.4, -0.2) is 34.8 Å². The maximum Gasteiger partial charge on any atom is 0.119 e. The predicted molar refractivity (Wildman–Crippen MR) is 124 cm³/mol. The van der Waals surface area contributed by atoms with Crippen molar-refractivity contribution in [1.82, 2.24) is 15.1 Å². The lowest BCUT2D eigenvalue weighted by atomic mass is 10.1. The summed E-state index contributed by atoms with van der Waals surface area (Å²) in [6, 6.07) is 18.2. The number of ether oxygens (including phenoxy) is 1. The normalized spacial score (nSPS) is 11.6. The fraction of sp³-hybridized carbons (Fsp3) is 0.320. The second kappa shape index (κ2) is 11.2. The van der Waals surface area contributed by atoms with E-state index in [0.29, 0.717) is 12.5 Å². The highest BCUT2D eigenvalue weighted by Gasteiger charge is 2.07. The van der Waals surface area contributed by atoms with E-state index in [1.807, 2.05) is 42.5 Å². The van der Waals surface area contributed by atoms with Gasteiger partial charge in [-0.05, 0) is 48.2 Å². The Labute approximate surface area is 179 Å². The zero-order valence-electron chi connectivity index (χ0n) is 17.9. The SMILES string of the molecule is CC(C)CN(C/C=C/CCOc1cccc(-c2ccn[nH]2)c1)Cc1cccc(N)c1. The quantitative estimate of drug-likeness (QED) is 0.264. The van der Waals surface area contributed by atoms with Gasteiger partial charge >= 0.3 is 0 Å². The number of rotatable bonds is 11. The van der Waals surface area contributed by atoms with Crippen molar-refractivity contribution in [2.75, 3.05) is 25.4 Å². The highest BCUT2D eigenvalue weighted by atomic mass is 16.5. The first-order valence-corrected chi connectivity index (χ1v) is 10.5. The standard InChI is InChI=1S/C25H32N4O/c1-20(2)18-29(19-21-8-6-10-23(26)16-21)14-4-3-5-15-30-24-11-7-9-22(17-24)25-12-13-27-28-25/h3-4,6-13,16-17,20H,5,14-15,18-19,26H2,1-2H3,(H,27,28)/b4-3+. The molecule has 3 aromatic rings. The Morgan fingerprint density at radius 1 is 1.10 bits per heavy atom. The van der Waals surface area contributed by atoms with E-state index in [4.69, 9.17) is 10.5 Å². The molecule has 0 aliphatic rings. The first-order chi connectivity index (χ1) is 14.6. The molecule has 0 radical (unpaired) electrons. The molecule has 0 saturated carbocycles. The maximum atomic E-state index is 5.92. The lowest BCUT2D eigenvalue weighted by Crippen LogP contribution is -2.27. The number of hydrogen-bond donors (Lipinski definition) is 2. The molecule has 0 bridgehead atoms. The van der Waals surface area contributed by atoms with Crippen LogP contribution in [0.1, 0.15) is 25.8 Å². The summed E-state index contributed by atoms with van der Waals surface area (Å²) < 4.78 is 5.91. The number of nitrogens with two attached hydrogens (primary N) is 1. The summed E-state index contributed by atoms with van der Waals surface area (Å²) in [6.45, 7) is 8.04. The molecular weight excluding hydrogens is 372 g/mol. The minimum Gasteiger partial charge on any atom is -0.493 e. The van der Waals surface area contributed by atoms with Crippen molar-refractivity contribution >= 4 is 5.69 Å². The van der Waals surface area contributed by atoms with Gasteiger partial charge in [-0.25, -0.2) is 0 Å². The van der Waals surface area contributed by atoms with E-state index in [1.54, 1.807) is 6.20 Å². The number of hydrogen-bond acceptors (Lipinski definition) is 4. The van der Waals surface area contributed by atoms with E-state index in [0.717, 1.165) is 48.7 Å². The van der Waals surface area contributed by atoms with Gasteiger partial charge in [0.2, 0.25) is 0 Å². The predicted octanol–water partition coefficient (Wildman–Crippen LogP) is 5.14. The van der Waals surface area contributed by atoms with Crippen molar-refractivity contribution in [3.8, 4) is 17.0 Å². The number of aromatic nitrogens is 2. The van der Waals surface area contributed by atoms with E-state index in [-0.39, 0.29) is 0 Å². The fourth-order valence-corrected chi connectivity index (χ4v) is 3.43. The zero-order valence-corrected chi connectivity index (χ0v) is 17.9. The molecule has 5 heteroatoms. The van der Waals surface area contributed by atoms with Gasteiger partial charge in [-0.3, -0.25) is 10.00 Å². The number of benzene rings is 2. The second-order valence-corrected chi connectivity index (χ2v) is 7.94. The molecule has 0 atom stereocenters. The molecule has 0 aliphatic carbocycles. The topological polar surface area (TPSA) is 67.2 Å². The molecule has 0 unspecified atom stereocenters. The van der Waals surface area contributed by atoms with Crippen LogP contribution in [0.2, 0.25) is 0 Å². The van der Waals surface area contributed by atoms with Crippen molar-refractivity contribution in [2.24, 2.45) is 5.92 Å². The first-order valence-electron chi connectivity index (χ1n) is 10.5. The third-order valence-corrected chi connectivity index (χ3v) is 4.71. The Bertz CT molecular complexity index is 918. The Morgan fingerprint density at radius 3 is 2.73 bits per heavy atom. The van der Waals surface area contributed by atoms with Gasteiger partial charge in [-0.2, -0.15) is 5.10 Å². The second-order valence-electron chi connectivity index (χ2n) is 7.94. The van der Waals surface area contributed by atoms with Crippen LogP contribution in [0, 0.1) is 5.92 Å². The Kier molecular flexibility index (Phi) is 8.10. The Morgan fingerprint density at radius 2 is 1.97 bits per heavy atom. The molecule has 2 aromatic carbocycles. The van der Waals surface area contributed by atoms with Crippen molar-refractivity contribution in [1.29, 1.82) is 0 Å². The third kappa shape index (κ3) is 7.08. The first kappa shape index (κ1) is 21.7. The van der Waals surface area contributed by atoms with Crippen molar-refractivity contribution in [3.63, 3.8) is 0 Å². The summed E-state index contributed by atoms with van der Waals surface area (Å²) in [6.07, 6.45) is 7.07. The molecular formula is C25H32N4O. The van der Waals surface area contributed by atoms with Crippen LogP contribution in [0.5, 0.6) is 5.75 Å². The molecule has 5 nitrogen and oxygen atoms in total. The Balaban J connectivity index is 1.45. The van der Waals surface area contributed by atoms with E-state index in [9.17, 15) is 0 Å². The average Bonchev–Trinajstić information content (AvgIpc) is 3.25. The molecule has 3 N–H and O–H groups in total. The van der Waals surface area contributed by atoms with E-state index in [2.05, 4.69) is 53.2 Å². The molecule has 0 spiro atoms. The summed E-state index contributed by atoms with van der Waals surface area (Å²) >= 11 is 0. The summed E-state index contributed by atoms with van der Waals surface area (Å²) in [5, 5.41) is 6.98. The highest BCUT2D eigenvalue weighted by Crippen LogP contribution is 2.21. The van der Waals surface area contributed by atoms with Gasteiger partial charge in [0.25, 0.3) is 0 Å². The smallest absolute Gasteiger partial charge is 0.119 e.